The second-order valence-electron chi connectivity index (χ2n) is 5.55. The number of nitrogens with zero attached hydrogens (tertiary/aromatic N) is 1. The van der Waals surface area contributed by atoms with Crippen molar-refractivity contribution in [2.75, 3.05) is 38.3 Å². The molecule has 1 atom stereocenters. The van der Waals surface area contributed by atoms with Gasteiger partial charge in [0.15, 0.2) is 9.84 Å². The minimum absolute atomic E-state index is 0.0617. The van der Waals surface area contributed by atoms with Crippen LogP contribution in [-0.4, -0.2) is 69.5 Å². The van der Waals surface area contributed by atoms with E-state index in [9.17, 15) is 18.0 Å². The summed E-state index contributed by atoms with van der Waals surface area (Å²) in [5.74, 6) is -1.37. The number of nitrogens with one attached hydrogen (secondary N) is 1. The van der Waals surface area contributed by atoms with Gasteiger partial charge in [0.05, 0.1) is 11.5 Å². The number of likely N-dealkylation sites (N-methyl/N-ethyl adjacent to an activating group) is 1. The van der Waals surface area contributed by atoms with Crippen molar-refractivity contribution in [1.29, 1.82) is 0 Å². The van der Waals surface area contributed by atoms with Gasteiger partial charge in [0, 0.05) is 32.8 Å². The van der Waals surface area contributed by atoms with E-state index in [1.165, 1.54) is 11.9 Å². The highest BCUT2D eigenvalue weighted by atomic mass is 32.2. The predicted octanol–water partition coefficient (Wildman–Crippen LogP) is -0.0451. The number of hydrogen-bond donors (Lipinski definition) is 1. The van der Waals surface area contributed by atoms with Gasteiger partial charge in [0.25, 0.3) is 0 Å². The topological polar surface area (TPSA) is 92.8 Å². The number of carbonyl (C=O) groups excluding carboxylic acids is 2. The molecule has 1 aliphatic heterocycles. The monoisotopic (exact) mass is 334 g/mol. The summed E-state index contributed by atoms with van der Waals surface area (Å²) >= 11 is 0. The molecule has 7 nitrogen and oxygen atoms in total. The van der Waals surface area contributed by atoms with Crippen LogP contribution in [-0.2, 0) is 24.2 Å². The zero-order valence-corrected chi connectivity index (χ0v) is 14.2. The van der Waals surface area contributed by atoms with Crippen molar-refractivity contribution in [2.24, 2.45) is 0 Å². The van der Waals surface area contributed by atoms with Gasteiger partial charge in [-0.05, 0) is 19.3 Å². The van der Waals surface area contributed by atoms with Gasteiger partial charge in [0.2, 0.25) is 0 Å². The molecule has 1 N–H and O–H groups in total. The standard InChI is InChI=1S/C14H26N2O5S/c1-3-4-8-21-9-5-7-15-13(17)14(18)16(2)12-6-10-22(19,20)11-12/h12H,3-11H2,1-2H3,(H,15,17). The van der Waals surface area contributed by atoms with E-state index >= 15 is 0 Å². The van der Waals surface area contributed by atoms with Crippen LogP contribution >= 0.6 is 0 Å². The molecule has 0 aromatic rings. The van der Waals surface area contributed by atoms with Crippen LogP contribution in [0.5, 0.6) is 0 Å². The van der Waals surface area contributed by atoms with E-state index in [4.69, 9.17) is 4.74 Å². The summed E-state index contributed by atoms with van der Waals surface area (Å²) in [5.41, 5.74) is 0. The Balaban J connectivity index is 2.23. The third kappa shape index (κ3) is 6.31. The number of hydrogen-bond acceptors (Lipinski definition) is 5. The third-order valence-electron chi connectivity index (χ3n) is 3.66. The number of unbranched alkanes of at least 4 members (excludes halogenated alkanes) is 1. The van der Waals surface area contributed by atoms with E-state index < -0.39 is 27.7 Å². The molecule has 0 bridgehead atoms. The first kappa shape index (κ1) is 18.9. The highest BCUT2D eigenvalue weighted by molar-refractivity contribution is 7.91. The van der Waals surface area contributed by atoms with Crippen LogP contribution in [0, 0.1) is 0 Å². The molecule has 0 aromatic heterocycles. The van der Waals surface area contributed by atoms with Crippen molar-refractivity contribution >= 4 is 21.7 Å². The molecule has 128 valence electrons. The lowest BCUT2D eigenvalue weighted by molar-refractivity contribution is -0.146. The largest absolute Gasteiger partial charge is 0.381 e. The van der Waals surface area contributed by atoms with Gasteiger partial charge >= 0.3 is 11.8 Å². The summed E-state index contributed by atoms with van der Waals surface area (Å²) in [6.07, 6.45) is 3.13. The highest BCUT2D eigenvalue weighted by Crippen LogP contribution is 2.16. The fourth-order valence-electron chi connectivity index (χ4n) is 2.21. The minimum atomic E-state index is -3.07. The second-order valence-corrected chi connectivity index (χ2v) is 7.78. The van der Waals surface area contributed by atoms with Crippen molar-refractivity contribution < 1.29 is 22.7 Å². The summed E-state index contributed by atoms with van der Waals surface area (Å²) in [6, 6.07) is -0.402. The molecule has 1 saturated heterocycles. The average molecular weight is 334 g/mol. The van der Waals surface area contributed by atoms with E-state index in [2.05, 4.69) is 12.2 Å². The minimum Gasteiger partial charge on any atom is -0.381 e. The summed E-state index contributed by atoms with van der Waals surface area (Å²) in [5, 5.41) is 2.54. The maximum absolute atomic E-state index is 11.9. The molecule has 0 aliphatic carbocycles. The summed E-state index contributed by atoms with van der Waals surface area (Å²) in [4.78, 5) is 24.9. The van der Waals surface area contributed by atoms with E-state index in [0.717, 1.165) is 12.8 Å². The fraction of sp³-hybridized carbons (Fsp3) is 0.857. The van der Waals surface area contributed by atoms with Crippen molar-refractivity contribution in [3.63, 3.8) is 0 Å². The van der Waals surface area contributed by atoms with Crippen molar-refractivity contribution in [3.05, 3.63) is 0 Å². The van der Waals surface area contributed by atoms with E-state index in [-0.39, 0.29) is 11.5 Å². The third-order valence-corrected chi connectivity index (χ3v) is 5.41. The van der Waals surface area contributed by atoms with Gasteiger partial charge in [-0.1, -0.05) is 13.3 Å². The Bertz CT molecular complexity index is 478. The van der Waals surface area contributed by atoms with Gasteiger partial charge in [-0.3, -0.25) is 9.59 Å². The molecular weight excluding hydrogens is 308 g/mol. The van der Waals surface area contributed by atoms with Crippen LogP contribution in [0.1, 0.15) is 32.6 Å². The summed E-state index contributed by atoms with van der Waals surface area (Å²) in [6.45, 7) is 3.71. The van der Waals surface area contributed by atoms with E-state index in [0.29, 0.717) is 32.6 Å². The normalized spacial score (nSPS) is 19.8. The molecule has 1 heterocycles. The zero-order valence-electron chi connectivity index (χ0n) is 13.3. The van der Waals surface area contributed by atoms with Gasteiger partial charge in [-0.2, -0.15) is 0 Å². The second kappa shape index (κ2) is 9.09. The molecule has 0 radical (unpaired) electrons. The number of amides is 2. The zero-order chi connectivity index (χ0) is 16.6. The van der Waals surface area contributed by atoms with Crippen molar-refractivity contribution in [2.45, 2.75) is 38.6 Å². The quantitative estimate of drug-likeness (QED) is 0.496. The number of sulfone groups is 1. The lowest BCUT2D eigenvalue weighted by Crippen LogP contribution is -2.46. The lowest BCUT2D eigenvalue weighted by atomic mass is 10.2. The van der Waals surface area contributed by atoms with E-state index in [1.807, 2.05) is 0 Å². The molecule has 22 heavy (non-hydrogen) atoms. The van der Waals surface area contributed by atoms with Crippen LogP contribution in [0.25, 0.3) is 0 Å². The van der Waals surface area contributed by atoms with Crippen LogP contribution in [0.15, 0.2) is 0 Å². The van der Waals surface area contributed by atoms with Gasteiger partial charge in [-0.25, -0.2) is 8.42 Å². The Morgan fingerprint density at radius 2 is 1.95 bits per heavy atom. The lowest BCUT2D eigenvalue weighted by Gasteiger charge is -2.22. The molecule has 0 aromatic carbocycles. The smallest absolute Gasteiger partial charge is 0.311 e. The Morgan fingerprint density at radius 3 is 2.55 bits per heavy atom. The van der Waals surface area contributed by atoms with Crippen LogP contribution in [0.4, 0.5) is 0 Å². The van der Waals surface area contributed by atoms with Crippen LogP contribution < -0.4 is 5.32 Å². The summed E-state index contributed by atoms with van der Waals surface area (Å²) in [7, 11) is -1.60. The molecule has 0 spiro atoms. The average Bonchev–Trinajstić information content (AvgIpc) is 2.84. The molecular formula is C14H26N2O5S. The van der Waals surface area contributed by atoms with E-state index in [1.54, 1.807) is 0 Å². The number of rotatable bonds is 8. The maximum atomic E-state index is 11.9. The fourth-order valence-corrected chi connectivity index (χ4v) is 3.98. The van der Waals surface area contributed by atoms with Gasteiger partial charge in [0.1, 0.15) is 0 Å². The first-order valence-corrected chi connectivity index (χ1v) is 9.52. The Labute approximate surface area is 132 Å². The molecule has 1 rings (SSSR count). The summed E-state index contributed by atoms with van der Waals surface area (Å²) < 4.78 is 28.2. The molecule has 0 saturated carbocycles. The Morgan fingerprint density at radius 1 is 1.27 bits per heavy atom. The predicted molar refractivity (Wildman–Crippen MR) is 83.2 cm³/mol. The van der Waals surface area contributed by atoms with Crippen LogP contribution in [0.3, 0.4) is 0 Å². The van der Waals surface area contributed by atoms with Gasteiger partial charge < -0.3 is 15.0 Å². The Hall–Kier alpha value is -1.15. The maximum Gasteiger partial charge on any atom is 0.311 e. The number of carbonyl (C=O) groups is 2. The highest BCUT2D eigenvalue weighted by Gasteiger charge is 2.34. The molecule has 8 heteroatoms. The van der Waals surface area contributed by atoms with Crippen LogP contribution in [0.2, 0.25) is 0 Å². The first-order chi connectivity index (χ1) is 10.4. The first-order valence-electron chi connectivity index (χ1n) is 7.70. The molecule has 1 fully saturated rings. The molecule has 2 amide bonds. The SMILES string of the molecule is CCCCOCCCNC(=O)C(=O)N(C)C1CCS(=O)(=O)C1. The van der Waals surface area contributed by atoms with Crippen molar-refractivity contribution in [1.82, 2.24) is 10.2 Å². The Kier molecular flexibility index (Phi) is 7.81. The molecule has 1 aliphatic rings. The van der Waals surface area contributed by atoms with Gasteiger partial charge in [-0.15, -0.1) is 0 Å². The number of ether oxygens (including phenoxy) is 1. The molecule has 1 unspecified atom stereocenters. The van der Waals surface area contributed by atoms with Crippen molar-refractivity contribution in [3.8, 4) is 0 Å².